The Bertz CT molecular complexity index is 891. The first-order chi connectivity index (χ1) is 12.5. The second-order valence-electron chi connectivity index (χ2n) is 6.71. The van der Waals surface area contributed by atoms with Crippen molar-refractivity contribution in [2.75, 3.05) is 5.32 Å². The largest absolute Gasteiger partial charge is 0.478 e. The molecule has 1 aromatic heterocycles. The highest BCUT2D eigenvalue weighted by molar-refractivity contribution is 6.31. The number of nitrogens with zero attached hydrogens (tertiary/aromatic N) is 1. The molecule has 0 atom stereocenters. The number of amides is 1. The third-order valence-corrected chi connectivity index (χ3v) is 5.54. The normalized spacial score (nSPS) is 24.2. The predicted octanol–water partition coefficient (Wildman–Crippen LogP) is 3.64. The Morgan fingerprint density at radius 1 is 1.31 bits per heavy atom. The number of pyridine rings is 1. The number of benzene rings is 1. The van der Waals surface area contributed by atoms with Gasteiger partial charge in [0.1, 0.15) is 11.1 Å². The van der Waals surface area contributed by atoms with Crippen LogP contribution in [0.25, 0.3) is 0 Å². The molecule has 2 heterocycles. The molecule has 1 aromatic carbocycles. The third-order valence-electron chi connectivity index (χ3n) is 5.25. The number of aromatic carboxylic acids is 1. The molecular formula is C19H17ClN2O4. The van der Waals surface area contributed by atoms with Crippen molar-refractivity contribution in [1.29, 1.82) is 0 Å². The van der Waals surface area contributed by atoms with E-state index in [1.807, 2.05) is 0 Å². The van der Waals surface area contributed by atoms with Gasteiger partial charge in [-0.05, 0) is 61.6 Å². The van der Waals surface area contributed by atoms with Gasteiger partial charge in [-0.25, -0.2) is 9.78 Å². The zero-order chi connectivity index (χ0) is 18.3. The van der Waals surface area contributed by atoms with E-state index in [1.165, 1.54) is 6.07 Å². The minimum atomic E-state index is -0.996. The molecule has 134 valence electrons. The summed E-state index contributed by atoms with van der Waals surface area (Å²) in [5.41, 5.74) is 0.983. The SMILES string of the molecule is O=C(O)c1ccc2c(c1)[C@]1(CC[C@@H](Oc3ncccc3Cl)CC1)C(=O)N2. The molecule has 1 saturated carbocycles. The zero-order valence-electron chi connectivity index (χ0n) is 13.9. The molecule has 1 fully saturated rings. The van der Waals surface area contributed by atoms with E-state index in [-0.39, 0.29) is 17.6 Å². The first-order valence-corrected chi connectivity index (χ1v) is 8.84. The van der Waals surface area contributed by atoms with Gasteiger partial charge in [0, 0.05) is 11.9 Å². The maximum atomic E-state index is 12.7. The van der Waals surface area contributed by atoms with Crippen LogP contribution in [0.4, 0.5) is 5.69 Å². The number of halogens is 1. The van der Waals surface area contributed by atoms with Crippen LogP contribution in [-0.2, 0) is 10.2 Å². The van der Waals surface area contributed by atoms with Crippen LogP contribution in [0.3, 0.4) is 0 Å². The number of carboxylic acid groups (broad SMARTS) is 1. The Morgan fingerprint density at radius 2 is 2.08 bits per heavy atom. The number of anilines is 1. The van der Waals surface area contributed by atoms with Crippen molar-refractivity contribution in [3.63, 3.8) is 0 Å². The van der Waals surface area contributed by atoms with Crippen molar-refractivity contribution in [1.82, 2.24) is 4.98 Å². The van der Waals surface area contributed by atoms with Gasteiger partial charge in [0.15, 0.2) is 0 Å². The van der Waals surface area contributed by atoms with E-state index in [0.717, 1.165) is 5.56 Å². The van der Waals surface area contributed by atoms with Gasteiger partial charge in [0.25, 0.3) is 0 Å². The summed E-state index contributed by atoms with van der Waals surface area (Å²) in [7, 11) is 0. The van der Waals surface area contributed by atoms with Gasteiger partial charge in [-0.2, -0.15) is 0 Å². The summed E-state index contributed by atoms with van der Waals surface area (Å²) in [6.07, 6.45) is 4.05. The van der Waals surface area contributed by atoms with Gasteiger partial charge in [-0.15, -0.1) is 0 Å². The smallest absolute Gasteiger partial charge is 0.335 e. The van der Waals surface area contributed by atoms with Gasteiger partial charge in [0.2, 0.25) is 11.8 Å². The lowest BCUT2D eigenvalue weighted by atomic mass is 9.69. The topological polar surface area (TPSA) is 88.5 Å². The van der Waals surface area contributed by atoms with Crippen molar-refractivity contribution in [3.05, 3.63) is 52.7 Å². The lowest BCUT2D eigenvalue weighted by molar-refractivity contribution is -0.122. The van der Waals surface area contributed by atoms with E-state index in [1.54, 1.807) is 30.5 Å². The second kappa shape index (κ2) is 6.29. The molecule has 0 radical (unpaired) electrons. The molecule has 1 aliphatic heterocycles. The van der Waals surface area contributed by atoms with E-state index >= 15 is 0 Å². The van der Waals surface area contributed by atoms with Crippen molar-refractivity contribution in [3.8, 4) is 5.88 Å². The lowest BCUT2D eigenvalue weighted by Crippen LogP contribution is -2.41. The Morgan fingerprint density at radius 3 is 2.77 bits per heavy atom. The number of hydrogen-bond donors (Lipinski definition) is 2. The quantitative estimate of drug-likeness (QED) is 0.858. The van der Waals surface area contributed by atoms with Crippen LogP contribution in [0.1, 0.15) is 41.6 Å². The molecule has 4 rings (SSSR count). The monoisotopic (exact) mass is 372 g/mol. The van der Waals surface area contributed by atoms with E-state index < -0.39 is 11.4 Å². The molecule has 2 N–H and O–H groups in total. The molecule has 1 aliphatic carbocycles. The zero-order valence-corrected chi connectivity index (χ0v) is 14.6. The number of rotatable bonds is 3. The second-order valence-corrected chi connectivity index (χ2v) is 7.12. The minimum absolute atomic E-state index is 0.0654. The van der Waals surface area contributed by atoms with Crippen LogP contribution < -0.4 is 10.1 Å². The van der Waals surface area contributed by atoms with Crippen molar-refractivity contribution in [2.24, 2.45) is 0 Å². The van der Waals surface area contributed by atoms with Gasteiger partial charge >= 0.3 is 5.97 Å². The van der Waals surface area contributed by atoms with Crippen LogP contribution in [-0.4, -0.2) is 28.1 Å². The highest BCUT2D eigenvalue weighted by Gasteiger charge is 2.49. The first-order valence-electron chi connectivity index (χ1n) is 8.46. The molecule has 7 heteroatoms. The summed E-state index contributed by atoms with van der Waals surface area (Å²) in [4.78, 5) is 28.1. The highest BCUT2D eigenvalue weighted by atomic mass is 35.5. The number of nitrogens with one attached hydrogen (secondary N) is 1. The number of hydrogen-bond acceptors (Lipinski definition) is 4. The predicted molar refractivity (Wildman–Crippen MR) is 95.8 cm³/mol. The average Bonchev–Trinajstić information content (AvgIpc) is 2.90. The van der Waals surface area contributed by atoms with Crippen molar-refractivity contribution >= 4 is 29.2 Å². The minimum Gasteiger partial charge on any atom is -0.478 e. The Labute approximate surface area is 155 Å². The van der Waals surface area contributed by atoms with Crippen LogP contribution in [0.2, 0.25) is 5.02 Å². The number of carbonyl (C=O) groups excluding carboxylic acids is 1. The molecular weight excluding hydrogens is 356 g/mol. The molecule has 2 aliphatic rings. The van der Waals surface area contributed by atoms with Crippen LogP contribution in [0.5, 0.6) is 5.88 Å². The fourth-order valence-electron chi connectivity index (χ4n) is 3.86. The van der Waals surface area contributed by atoms with Gasteiger partial charge < -0.3 is 15.2 Å². The van der Waals surface area contributed by atoms with Crippen LogP contribution >= 0.6 is 11.6 Å². The van der Waals surface area contributed by atoms with E-state index in [9.17, 15) is 14.7 Å². The van der Waals surface area contributed by atoms with Gasteiger partial charge in [-0.3, -0.25) is 4.79 Å². The van der Waals surface area contributed by atoms with E-state index in [2.05, 4.69) is 10.3 Å². The number of aromatic nitrogens is 1. The fourth-order valence-corrected chi connectivity index (χ4v) is 4.03. The standard InChI is InChI=1S/C19H17ClN2O4/c20-14-2-1-9-21-16(14)26-12-5-7-19(8-6-12)13-10-11(17(23)24)3-4-15(13)22-18(19)25/h1-4,9-10,12H,5-8H2,(H,22,25)(H,23,24)/t12-,19-. The summed E-state index contributed by atoms with van der Waals surface area (Å²) in [6, 6.07) is 8.26. The molecule has 0 unspecified atom stereocenters. The fraction of sp³-hybridized carbons (Fsp3) is 0.316. The molecule has 1 spiro atoms. The van der Waals surface area contributed by atoms with E-state index in [0.29, 0.717) is 42.3 Å². The molecule has 26 heavy (non-hydrogen) atoms. The Hall–Kier alpha value is -2.60. The van der Waals surface area contributed by atoms with Crippen LogP contribution in [0.15, 0.2) is 36.5 Å². The molecule has 0 saturated heterocycles. The molecule has 1 amide bonds. The first kappa shape index (κ1) is 16.8. The molecule has 2 aromatic rings. The maximum absolute atomic E-state index is 12.7. The Kier molecular flexibility index (Phi) is 4.07. The third kappa shape index (κ3) is 2.70. The van der Waals surface area contributed by atoms with Crippen LogP contribution in [0, 0.1) is 0 Å². The summed E-state index contributed by atoms with van der Waals surface area (Å²) >= 11 is 6.09. The van der Waals surface area contributed by atoms with Crippen molar-refractivity contribution < 1.29 is 19.4 Å². The number of carboxylic acids is 1. The van der Waals surface area contributed by atoms with Gasteiger partial charge in [-0.1, -0.05) is 11.6 Å². The van der Waals surface area contributed by atoms with E-state index in [4.69, 9.17) is 16.3 Å². The lowest BCUT2D eigenvalue weighted by Gasteiger charge is -2.35. The van der Waals surface area contributed by atoms with Crippen molar-refractivity contribution in [2.45, 2.75) is 37.2 Å². The van der Waals surface area contributed by atoms with Gasteiger partial charge in [0.05, 0.1) is 11.0 Å². The summed E-state index contributed by atoms with van der Waals surface area (Å²) in [6.45, 7) is 0. The Balaban J connectivity index is 1.55. The number of carbonyl (C=O) groups is 2. The maximum Gasteiger partial charge on any atom is 0.335 e. The average molecular weight is 373 g/mol. The molecule has 6 nitrogen and oxygen atoms in total. The summed E-state index contributed by atoms with van der Waals surface area (Å²) in [5, 5.41) is 12.6. The number of fused-ring (bicyclic) bond motifs is 2. The number of ether oxygens (including phenoxy) is 1. The molecule has 0 bridgehead atoms. The summed E-state index contributed by atoms with van der Waals surface area (Å²) in [5.74, 6) is -0.659. The highest BCUT2D eigenvalue weighted by Crippen LogP contribution is 2.48. The summed E-state index contributed by atoms with van der Waals surface area (Å²) < 4.78 is 5.91.